The Morgan fingerprint density at radius 2 is 1.86 bits per heavy atom. The van der Waals surface area contributed by atoms with Gasteiger partial charge in [-0.2, -0.15) is 0 Å². The minimum absolute atomic E-state index is 0.0897. The number of amides is 1. The highest BCUT2D eigenvalue weighted by atomic mass is 32.1. The van der Waals surface area contributed by atoms with Gasteiger partial charge in [0, 0.05) is 24.8 Å². The van der Waals surface area contributed by atoms with Crippen LogP contribution in [0.25, 0.3) is 10.2 Å². The van der Waals surface area contributed by atoms with Crippen LogP contribution in [0.1, 0.15) is 34.5 Å². The molecule has 8 heteroatoms. The quantitative estimate of drug-likeness (QED) is 0.354. The summed E-state index contributed by atoms with van der Waals surface area (Å²) in [6.45, 7) is 4.91. The number of thiazole rings is 1. The lowest BCUT2D eigenvalue weighted by atomic mass is 9.97. The number of nitrogens with zero attached hydrogens (tertiary/aromatic N) is 2. The van der Waals surface area contributed by atoms with Gasteiger partial charge in [-0.05, 0) is 56.5 Å². The number of carbonyl (C=O) groups is 1. The average Bonchev–Trinajstić information content (AvgIpc) is 3.28. The van der Waals surface area contributed by atoms with E-state index >= 15 is 0 Å². The van der Waals surface area contributed by atoms with E-state index in [9.17, 15) is 9.59 Å². The molecule has 1 amide bonds. The van der Waals surface area contributed by atoms with Crippen LogP contribution in [-0.2, 0) is 13.1 Å². The van der Waals surface area contributed by atoms with Gasteiger partial charge in [0.1, 0.15) is 0 Å². The molecule has 2 aromatic heterocycles. The lowest BCUT2D eigenvalue weighted by Crippen LogP contribution is -2.34. The minimum Gasteiger partial charge on any atom is -0.380 e. The highest BCUT2D eigenvalue weighted by Crippen LogP contribution is 2.28. The lowest BCUT2D eigenvalue weighted by molar-refractivity contribution is 0.102. The molecule has 0 bridgehead atoms. The summed E-state index contributed by atoms with van der Waals surface area (Å²) in [7, 11) is 0. The van der Waals surface area contributed by atoms with Crippen molar-refractivity contribution in [1.29, 1.82) is 0 Å². The third-order valence-electron chi connectivity index (χ3n) is 6.54. The summed E-state index contributed by atoms with van der Waals surface area (Å²) < 4.78 is 2.77. The molecule has 0 radical (unpaired) electrons. The number of rotatable bonds is 7. The standard InChI is InChI=1S/C27H29N5O2S/c1-18-25(26(34)31-27-30-21-9-5-6-10-23(21)35-27)22(29-16-19-7-3-2-4-8-19)15-24(33)32(18)17-20-11-13-28-14-12-20/h2-10,15,20,28-29H,11-14,16-17H2,1H3,(H,30,31,34). The molecule has 1 aliphatic heterocycles. The normalized spacial score (nSPS) is 14.2. The number of benzene rings is 2. The molecule has 1 fully saturated rings. The molecule has 0 spiro atoms. The number of fused-ring (bicyclic) bond motifs is 1. The van der Waals surface area contributed by atoms with Crippen molar-refractivity contribution in [1.82, 2.24) is 14.9 Å². The Kier molecular flexibility index (Phi) is 6.92. The van der Waals surface area contributed by atoms with E-state index in [4.69, 9.17) is 0 Å². The van der Waals surface area contributed by atoms with Crippen molar-refractivity contribution in [3.8, 4) is 0 Å². The fourth-order valence-corrected chi connectivity index (χ4v) is 5.48. The summed E-state index contributed by atoms with van der Waals surface area (Å²) in [5.74, 6) is 0.145. The van der Waals surface area contributed by atoms with Crippen LogP contribution in [0.4, 0.5) is 10.8 Å². The fraction of sp³-hybridized carbons (Fsp3) is 0.296. The number of piperidine rings is 1. The summed E-state index contributed by atoms with van der Waals surface area (Å²) in [5, 5.41) is 10.2. The second-order valence-corrected chi connectivity index (χ2v) is 9.97. The Morgan fingerprint density at radius 1 is 1.11 bits per heavy atom. The molecule has 35 heavy (non-hydrogen) atoms. The molecule has 5 rings (SSSR count). The number of hydrogen-bond donors (Lipinski definition) is 3. The van der Waals surface area contributed by atoms with E-state index in [1.54, 1.807) is 10.6 Å². The second kappa shape index (κ2) is 10.4. The first-order chi connectivity index (χ1) is 17.1. The van der Waals surface area contributed by atoms with Crippen molar-refractivity contribution in [2.45, 2.75) is 32.9 Å². The monoisotopic (exact) mass is 487 g/mol. The van der Waals surface area contributed by atoms with Gasteiger partial charge in [-0.1, -0.05) is 53.8 Å². The number of aromatic nitrogens is 2. The molecule has 3 N–H and O–H groups in total. The van der Waals surface area contributed by atoms with Crippen LogP contribution in [0.5, 0.6) is 0 Å². The number of hydrogen-bond acceptors (Lipinski definition) is 6. The van der Waals surface area contributed by atoms with Crippen LogP contribution in [-0.4, -0.2) is 28.5 Å². The van der Waals surface area contributed by atoms with Gasteiger partial charge in [0.25, 0.3) is 11.5 Å². The van der Waals surface area contributed by atoms with Crippen molar-refractivity contribution >= 4 is 38.3 Å². The van der Waals surface area contributed by atoms with E-state index in [0.29, 0.717) is 41.1 Å². The van der Waals surface area contributed by atoms with Gasteiger partial charge in [-0.25, -0.2) is 4.98 Å². The van der Waals surface area contributed by atoms with Gasteiger partial charge in [0.05, 0.1) is 21.5 Å². The van der Waals surface area contributed by atoms with Gasteiger partial charge >= 0.3 is 0 Å². The van der Waals surface area contributed by atoms with E-state index < -0.39 is 0 Å². The van der Waals surface area contributed by atoms with E-state index in [2.05, 4.69) is 20.9 Å². The van der Waals surface area contributed by atoms with Crippen LogP contribution in [0.3, 0.4) is 0 Å². The fourth-order valence-electron chi connectivity index (χ4n) is 4.62. The lowest BCUT2D eigenvalue weighted by Gasteiger charge is -2.25. The maximum atomic E-state index is 13.6. The maximum absolute atomic E-state index is 13.6. The molecule has 0 atom stereocenters. The Morgan fingerprint density at radius 3 is 2.63 bits per heavy atom. The van der Waals surface area contributed by atoms with E-state index in [1.165, 1.54) is 11.3 Å². The third kappa shape index (κ3) is 5.28. The van der Waals surface area contributed by atoms with Crippen LogP contribution in [0.15, 0.2) is 65.5 Å². The van der Waals surface area contributed by atoms with Crippen LogP contribution < -0.4 is 21.5 Å². The summed E-state index contributed by atoms with van der Waals surface area (Å²) in [6, 6.07) is 19.3. The second-order valence-electron chi connectivity index (χ2n) is 8.94. The van der Waals surface area contributed by atoms with Crippen LogP contribution in [0.2, 0.25) is 0 Å². The molecular weight excluding hydrogens is 458 g/mol. The van der Waals surface area contributed by atoms with Gasteiger partial charge in [0.2, 0.25) is 0 Å². The zero-order valence-electron chi connectivity index (χ0n) is 19.7. The summed E-state index contributed by atoms with van der Waals surface area (Å²) in [4.78, 5) is 31.3. The molecule has 2 aromatic carbocycles. The van der Waals surface area contributed by atoms with Crippen molar-refractivity contribution < 1.29 is 4.79 Å². The average molecular weight is 488 g/mol. The van der Waals surface area contributed by atoms with Crippen molar-refractivity contribution in [2.75, 3.05) is 23.7 Å². The maximum Gasteiger partial charge on any atom is 0.261 e. The summed E-state index contributed by atoms with van der Waals surface area (Å²) in [6.07, 6.45) is 2.04. The number of nitrogens with one attached hydrogen (secondary N) is 3. The molecule has 180 valence electrons. The Bertz CT molecular complexity index is 1360. The Hall–Kier alpha value is -3.49. The smallest absolute Gasteiger partial charge is 0.261 e. The van der Waals surface area contributed by atoms with Crippen molar-refractivity contribution in [2.24, 2.45) is 5.92 Å². The first-order valence-electron chi connectivity index (χ1n) is 12.0. The van der Waals surface area contributed by atoms with E-state index in [1.807, 2.05) is 61.5 Å². The molecule has 0 unspecified atom stereocenters. The Labute approximate surface area is 208 Å². The zero-order chi connectivity index (χ0) is 24.2. The third-order valence-corrected chi connectivity index (χ3v) is 7.49. The van der Waals surface area contributed by atoms with E-state index in [0.717, 1.165) is 41.7 Å². The SMILES string of the molecule is Cc1c(C(=O)Nc2nc3ccccc3s2)c(NCc2ccccc2)cc(=O)n1CC1CCNCC1. The van der Waals surface area contributed by atoms with Crippen molar-refractivity contribution in [3.63, 3.8) is 0 Å². The topological polar surface area (TPSA) is 88.1 Å². The van der Waals surface area contributed by atoms with Gasteiger partial charge in [0.15, 0.2) is 5.13 Å². The molecule has 0 aliphatic carbocycles. The molecule has 0 saturated carbocycles. The van der Waals surface area contributed by atoms with Gasteiger partial charge in [-0.15, -0.1) is 0 Å². The van der Waals surface area contributed by atoms with Gasteiger partial charge < -0.3 is 15.2 Å². The first kappa shape index (κ1) is 23.3. The van der Waals surface area contributed by atoms with Crippen LogP contribution in [0, 0.1) is 12.8 Å². The number of pyridine rings is 1. The molecule has 1 saturated heterocycles. The highest BCUT2D eigenvalue weighted by molar-refractivity contribution is 7.22. The number of anilines is 2. The van der Waals surface area contributed by atoms with E-state index in [-0.39, 0.29) is 11.5 Å². The first-order valence-corrected chi connectivity index (χ1v) is 12.8. The number of carbonyl (C=O) groups excluding carboxylic acids is 1. The minimum atomic E-state index is -0.267. The largest absolute Gasteiger partial charge is 0.380 e. The predicted octanol–water partition coefficient (Wildman–Crippen LogP) is 4.63. The van der Waals surface area contributed by atoms with Gasteiger partial charge in [-0.3, -0.25) is 14.9 Å². The predicted molar refractivity (Wildman–Crippen MR) is 142 cm³/mol. The molecule has 4 aromatic rings. The zero-order valence-corrected chi connectivity index (χ0v) is 20.5. The van der Waals surface area contributed by atoms with Crippen LogP contribution >= 0.6 is 11.3 Å². The molecule has 7 nitrogen and oxygen atoms in total. The molecular formula is C27H29N5O2S. The number of para-hydroxylation sites is 1. The Balaban J connectivity index is 1.48. The molecule has 1 aliphatic rings. The molecule has 3 heterocycles. The summed E-state index contributed by atoms with van der Waals surface area (Å²) in [5.41, 5.74) is 3.52. The van der Waals surface area contributed by atoms with Crippen molar-refractivity contribution in [3.05, 3.63) is 87.8 Å². The summed E-state index contributed by atoms with van der Waals surface area (Å²) >= 11 is 1.44. The highest BCUT2D eigenvalue weighted by Gasteiger charge is 2.23.